The number of ether oxygens (including phenoxy) is 1. The fraction of sp³-hybridized carbons (Fsp3) is 0.250. The molecule has 0 amide bonds. The van der Waals surface area contributed by atoms with Crippen LogP contribution in [0.4, 0.5) is 0 Å². The van der Waals surface area contributed by atoms with Crippen molar-refractivity contribution >= 4 is 9.84 Å². The molecule has 0 heterocycles. The summed E-state index contributed by atoms with van der Waals surface area (Å²) in [5.74, 6) is 0.594. The van der Waals surface area contributed by atoms with Crippen molar-refractivity contribution in [2.45, 2.75) is 22.1 Å². The average Bonchev–Trinajstić information content (AvgIpc) is 3.20. The van der Waals surface area contributed by atoms with Gasteiger partial charge in [0.25, 0.3) is 0 Å². The third kappa shape index (κ3) is 2.43. The van der Waals surface area contributed by atoms with Crippen LogP contribution < -0.4 is 10.5 Å². The lowest BCUT2D eigenvalue weighted by Gasteiger charge is -2.04. The molecule has 0 saturated heterocycles. The Labute approximate surface area is 124 Å². The van der Waals surface area contributed by atoms with E-state index in [4.69, 9.17) is 10.5 Å². The summed E-state index contributed by atoms with van der Waals surface area (Å²) in [5, 5.41) is -0.548. The van der Waals surface area contributed by atoms with Crippen LogP contribution in [0.1, 0.15) is 11.5 Å². The number of nitrogens with two attached hydrogens (primary N) is 1. The first-order valence-corrected chi connectivity index (χ1v) is 8.29. The van der Waals surface area contributed by atoms with Crippen molar-refractivity contribution in [3.05, 3.63) is 60.2 Å². The summed E-state index contributed by atoms with van der Waals surface area (Å²) in [6, 6.07) is 15.5. The van der Waals surface area contributed by atoms with Gasteiger partial charge in [-0.2, -0.15) is 0 Å². The molecule has 0 bridgehead atoms. The van der Waals surface area contributed by atoms with Crippen LogP contribution in [0, 0.1) is 0 Å². The summed E-state index contributed by atoms with van der Waals surface area (Å²) >= 11 is 0. The van der Waals surface area contributed by atoms with E-state index in [-0.39, 0.29) is 12.0 Å². The maximum Gasteiger partial charge on any atom is 0.183 e. The first-order chi connectivity index (χ1) is 10.1. The summed E-state index contributed by atoms with van der Waals surface area (Å²) in [4.78, 5) is 0.335. The molecule has 3 atom stereocenters. The molecule has 2 aromatic carbocycles. The maximum atomic E-state index is 12.6. The topological polar surface area (TPSA) is 69.4 Å². The largest absolute Gasteiger partial charge is 0.497 e. The van der Waals surface area contributed by atoms with E-state index in [2.05, 4.69) is 0 Å². The van der Waals surface area contributed by atoms with Crippen LogP contribution in [0.25, 0.3) is 0 Å². The molecule has 1 aliphatic carbocycles. The van der Waals surface area contributed by atoms with Crippen molar-refractivity contribution < 1.29 is 13.2 Å². The van der Waals surface area contributed by atoms with Gasteiger partial charge in [-0.15, -0.1) is 0 Å². The molecule has 110 valence electrons. The first-order valence-electron chi connectivity index (χ1n) is 6.74. The third-order valence-electron chi connectivity index (χ3n) is 3.94. The number of hydrogen-bond donors (Lipinski definition) is 1. The summed E-state index contributed by atoms with van der Waals surface area (Å²) < 4.78 is 30.3. The molecule has 1 aliphatic rings. The SMILES string of the molecule is COc1ccc([C@@H]2[C@@H](N)[C@@H]2S(=O)(=O)c2ccccc2)cc1. The molecule has 0 aromatic heterocycles. The Bertz CT molecular complexity index is 726. The van der Waals surface area contributed by atoms with E-state index >= 15 is 0 Å². The van der Waals surface area contributed by atoms with E-state index in [1.807, 2.05) is 24.3 Å². The van der Waals surface area contributed by atoms with Gasteiger partial charge in [0.15, 0.2) is 9.84 Å². The Morgan fingerprint density at radius 2 is 1.62 bits per heavy atom. The Kier molecular flexibility index (Phi) is 3.47. The molecule has 1 saturated carbocycles. The molecule has 0 aliphatic heterocycles. The molecule has 0 spiro atoms. The van der Waals surface area contributed by atoms with Gasteiger partial charge in [-0.25, -0.2) is 8.42 Å². The lowest BCUT2D eigenvalue weighted by atomic mass is 10.1. The van der Waals surface area contributed by atoms with E-state index in [9.17, 15) is 8.42 Å². The fourth-order valence-corrected chi connectivity index (χ4v) is 4.78. The Hall–Kier alpha value is -1.85. The average molecular weight is 303 g/mol. The molecular weight excluding hydrogens is 286 g/mol. The van der Waals surface area contributed by atoms with Gasteiger partial charge >= 0.3 is 0 Å². The fourth-order valence-electron chi connectivity index (χ4n) is 2.71. The van der Waals surface area contributed by atoms with Crippen molar-refractivity contribution in [3.63, 3.8) is 0 Å². The lowest BCUT2D eigenvalue weighted by molar-refractivity contribution is 0.414. The predicted octanol–water partition coefficient (Wildman–Crippen LogP) is 1.96. The van der Waals surface area contributed by atoms with Crippen LogP contribution in [0.15, 0.2) is 59.5 Å². The minimum atomic E-state index is -3.38. The zero-order valence-corrected chi connectivity index (χ0v) is 12.5. The number of rotatable bonds is 4. The Balaban J connectivity index is 1.88. The predicted molar refractivity (Wildman–Crippen MR) is 81.1 cm³/mol. The van der Waals surface area contributed by atoms with E-state index in [0.29, 0.717) is 4.90 Å². The van der Waals surface area contributed by atoms with E-state index in [1.165, 1.54) is 0 Å². The highest BCUT2D eigenvalue weighted by Gasteiger charge is 2.57. The second kappa shape index (κ2) is 5.16. The van der Waals surface area contributed by atoms with Gasteiger partial charge in [-0.1, -0.05) is 30.3 Å². The summed E-state index contributed by atoms with van der Waals surface area (Å²) in [6.07, 6.45) is 0. The highest BCUT2D eigenvalue weighted by Crippen LogP contribution is 2.47. The van der Waals surface area contributed by atoms with Gasteiger partial charge in [-0.05, 0) is 29.8 Å². The molecule has 3 rings (SSSR count). The summed E-state index contributed by atoms with van der Waals surface area (Å²) in [6.45, 7) is 0. The monoisotopic (exact) mass is 303 g/mol. The van der Waals surface area contributed by atoms with E-state index in [0.717, 1.165) is 11.3 Å². The summed E-state index contributed by atoms with van der Waals surface area (Å²) in [5.41, 5.74) is 6.96. The van der Waals surface area contributed by atoms with Crippen LogP contribution in [0.5, 0.6) is 5.75 Å². The van der Waals surface area contributed by atoms with Crippen LogP contribution in [-0.4, -0.2) is 26.8 Å². The van der Waals surface area contributed by atoms with Crippen molar-refractivity contribution in [1.82, 2.24) is 0 Å². The van der Waals surface area contributed by atoms with E-state index in [1.54, 1.807) is 37.4 Å². The van der Waals surface area contributed by atoms with Crippen molar-refractivity contribution in [1.29, 1.82) is 0 Å². The smallest absolute Gasteiger partial charge is 0.183 e. The standard InChI is InChI=1S/C16H17NO3S/c1-20-12-9-7-11(8-10-12)14-15(17)16(14)21(18,19)13-5-3-2-4-6-13/h2-10,14-16H,17H2,1H3/t14-,15-,16-/m1/s1. The van der Waals surface area contributed by atoms with E-state index < -0.39 is 15.1 Å². The first kappa shape index (κ1) is 14.1. The number of sulfone groups is 1. The van der Waals surface area contributed by atoms with Gasteiger partial charge in [0, 0.05) is 12.0 Å². The van der Waals surface area contributed by atoms with Gasteiger partial charge in [0.1, 0.15) is 5.75 Å². The minimum absolute atomic E-state index is 0.152. The van der Waals surface area contributed by atoms with Crippen LogP contribution in [0.2, 0.25) is 0 Å². The lowest BCUT2D eigenvalue weighted by Crippen LogP contribution is -2.15. The Morgan fingerprint density at radius 1 is 1.00 bits per heavy atom. The molecule has 21 heavy (non-hydrogen) atoms. The second-order valence-electron chi connectivity index (χ2n) is 5.20. The third-order valence-corrected chi connectivity index (χ3v) is 6.19. The number of hydrogen-bond acceptors (Lipinski definition) is 4. The second-order valence-corrected chi connectivity index (χ2v) is 7.30. The molecule has 0 radical (unpaired) electrons. The highest BCUT2D eigenvalue weighted by atomic mass is 32.2. The van der Waals surface area contributed by atoms with Gasteiger partial charge in [0.2, 0.25) is 0 Å². The zero-order chi connectivity index (χ0) is 15.0. The van der Waals surface area contributed by atoms with Gasteiger partial charge in [0.05, 0.1) is 17.3 Å². The summed E-state index contributed by atoms with van der Waals surface area (Å²) in [7, 11) is -1.79. The number of methoxy groups -OCH3 is 1. The molecule has 5 heteroatoms. The maximum absolute atomic E-state index is 12.6. The van der Waals surface area contributed by atoms with Crippen LogP contribution in [-0.2, 0) is 9.84 Å². The molecule has 2 N–H and O–H groups in total. The van der Waals surface area contributed by atoms with Gasteiger partial charge < -0.3 is 10.5 Å². The zero-order valence-electron chi connectivity index (χ0n) is 11.6. The van der Waals surface area contributed by atoms with Crippen molar-refractivity contribution in [2.75, 3.05) is 7.11 Å². The molecule has 2 aromatic rings. The van der Waals surface area contributed by atoms with Crippen molar-refractivity contribution in [2.24, 2.45) is 5.73 Å². The normalized spacial score (nSPS) is 24.6. The van der Waals surface area contributed by atoms with Gasteiger partial charge in [-0.3, -0.25) is 0 Å². The van der Waals surface area contributed by atoms with Crippen LogP contribution >= 0.6 is 0 Å². The molecule has 0 unspecified atom stereocenters. The number of benzene rings is 2. The van der Waals surface area contributed by atoms with Crippen LogP contribution in [0.3, 0.4) is 0 Å². The molecular formula is C16H17NO3S. The molecule has 1 fully saturated rings. The minimum Gasteiger partial charge on any atom is -0.497 e. The molecule has 4 nitrogen and oxygen atoms in total. The van der Waals surface area contributed by atoms with Crippen molar-refractivity contribution in [3.8, 4) is 5.75 Å². The quantitative estimate of drug-likeness (QED) is 0.937. The highest BCUT2D eigenvalue weighted by molar-refractivity contribution is 7.92. The Morgan fingerprint density at radius 3 is 2.19 bits per heavy atom.